The quantitative estimate of drug-likeness (QED) is 0.465. The number of hydrogen-bond acceptors (Lipinski definition) is 5. The first-order chi connectivity index (χ1) is 12.3. The van der Waals surface area contributed by atoms with Crippen LogP contribution in [-0.4, -0.2) is 87.1 Å². The summed E-state index contributed by atoms with van der Waals surface area (Å²) in [6.45, 7) is -0.0290. The molecule has 7 nitrogen and oxygen atoms in total. The number of hydrogen-bond donors (Lipinski definition) is 3. The molecular formula is C18H16KN6O. The summed E-state index contributed by atoms with van der Waals surface area (Å²) in [4.78, 5) is 7.37. The van der Waals surface area contributed by atoms with Gasteiger partial charge in [-0.05, 0) is 21.9 Å². The summed E-state index contributed by atoms with van der Waals surface area (Å²) in [6, 6.07) is 16.3. The number of nitrogens with one attached hydrogen (secondary N) is 2. The maximum atomic E-state index is 9.10. The van der Waals surface area contributed by atoms with Gasteiger partial charge in [0, 0.05) is 63.4 Å². The third-order valence-electron chi connectivity index (χ3n) is 4.00. The second-order valence-corrected chi connectivity index (χ2v) is 5.67. The van der Waals surface area contributed by atoms with E-state index in [0.29, 0.717) is 12.2 Å². The Morgan fingerprint density at radius 2 is 1.73 bits per heavy atom. The van der Waals surface area contributed by atoms with E-state index in [-0.39, 0.29) is 58.0 Å². The summed E-state index contributed by atoms with van der Waals surface area (Å²) in [5, 5.41) is 23.4. The Labute approximate surface area is 192 Å². The normalized spacial score (nSPS) is 10.5. The molecule has 0 aliphatic carbocycles. The molecule has 4 rings (SSSR count). The van der Waals surface area contributed by atoms with Gasteiger partial charge >= 0.3 is 0 Å². The summed E-state index contributed by atoms with van der Waals surface area (Å²) in [6.07, 6.45) is 2.34. The van der Waals surface area contributed by atoms with E-state index in [1.807, 2.05) is 24.3 Å². The molecule has 0 saturated carbocycles. The van der Waals surface area contributed by atoms with Crippen molar-refractivity contribution in [2.24, 2.45) is 0 Å². The fourth-order valence-corrected chi connectivity index (χ4v) is 2.78. The molecule has 0 aliphatic heterocycles. The Bertz CT molecular complexity index is 966. The van der Waals surface area contributed by atoms with Gasteiger partial charge in [-0.15, -0.1) is 10.2 Å². The summed E-state index contributed by atoms with van der Waals surface area (Å²) in [5.74, 6) is 1.41. The van der Waals surface area contributed by atoms with Gasteiger partial charge in [0.1, 0.15) is 5.82 Å². The molecule has 1 radical (unpaired) electrons. The van der Waals surface area contributed by atoms with Crippen LogP contribution >= 0.6 is 0 Å². The van der Waals surface area contributed by atoms with Crippen molar-refractivity contribution in [1.82, 2.24) is 30.6 Å². The molecule has 125 valence electrons. The van der Waals surface area contributed by atoms with E-state index in [2.05, 4.69) is 54.9 Å². The van der Waals surface area contributed by atoms with Gasteiger partial charge in [0.15, 0.2) is 0 Å². The van der Waals surface area contributed by atoms with E-state index in [1.165, 1.54) is 0 Å². The van der Waals surface area contributed by atoms with Gasteiger partial charge < -0.3 is 10.1 Å². The fraction of sp³-hybridized carbons (Fsp3) is 0.111. The van der Waals surface area contributed by atoms with Crippen molar-refractivity contribution in [2.45, 2.75) is 13.0 Å². The van der Waals surface area contributed by atoms with Crippen molar-refractivity contribution in [3.05, 3.63) is 71.8 Å². The third-order valence-corrected chi connectivity index (χ3v) is 4.00. The monoisotopic (exact) mass is 371 g/mol. The van der Waals surface area contributed by atoms with Crippen LogP contribution in [0.1, 0.15) is 17.1 Å². The molecule has 2 aromatic carbocycles. The molecule has 0 amide bonds. The number of aromatic nitrogens is 6. The minimum Gasteiger partial charge on any atom is -0.390 e. The average Bonchev–Trinajstić information content (AvgIpc) is 3.34. The van der Waals surface area contributed by atoms with Crippen LogP contribution in [0.3, 0.4) is 0 Å². The summed E-state index contributed by atoms with van der Waals surface area (Å²) < 4.78 is 0. The number of aromatic amines is 2. The van der Waals surface area contributed by atoms with Crippen LogP contribution in [0.25, 0.3) is 22.5 Å². The summed E-state index contributed by atoms with van der Waals surface area (Å²) in [7, 11) is 0. The molecule has 2 heterocycles. The predicted octanol–water partition coefficient (Wildman–Crippen LogP) is 1.96. The van der Waals surface area contributed by atoms with Crippen molar-refractivity contribution < 1.29 is 5.11 Å². The first-order valence-corrected chi connectivity index (χ1v) is 7.89. The SMILES string of the molecule is OCc1cnc(Cc2ccc(-c3ccccc3-c3nn[nH]n3)cc2)[nH]1.[K]. The van der Waals surface area contributed by atoms with E-state index in [9.17, 15) is 0 Å². The molecule has 26 heavy (non-hydrogen) atoms. The van der Waals surface area contributed by atoms with E-state index < -0.39 is 0 Å². The molecule has 0 bridgehead atoms. The second kappa shape index (κ2) is 8.80. The number of nitrogens with zero attached hydrogens (tertiary/aromatic N) is 4. The number of aliphatic hydroxyl groups is 1. The zero-order chi connectivity index (χ0) is 17.1. The van der Waals surface area contributed by atoms with E-state index >= 15 is 0 Å². The number of rotatable bonds is 5. The van der Waals surface area contributed by atoms with Gasteiger partial charge in [-0.25, -0.2) is 4.98 Å². The van der Waals surface area contributed by atoms with E-state index in [4.69, 9.17) is 5.11 Å². The van der Waals surface area contributed by atoms with Crippen molar-refractivity contribution in [3.63, 3.8) is 0 Å². The van der Waals surface area contributed by atoms with Crippen molar-refractivity contribution in [3.8, 4) is 22.5 Å². The molecule has 0 aliphatic rings. The molecule has 4 aromatic rings. The van der Waals surface area contributed by atoms with Crippen LogP contribution < -0.4 is 0 Å². The van der Waals surface area contributed by atoms with Gasteiger partial charge in [0.2, 0.25) is 5.82 Å². The molecule has 0 unspecified atom stereocenters. The Morgan fingerprint density at radius 1 is 0.962 bits per heavy atom. The van der Waals surface area contributed by atoms with Gasteiger partial charge in [-0.2, -0.15) is 5.21 Å². The molecule has 8 heteroatoms. The number of benzene rings is 2. The Kier molecular flexibility index (Phi) is 6.46. The number of tetrazole rings is 1. The second-order valence-electron chi connectivity index (χ2n) is 5.67. The molecule has 0 saturated heterocycles. The van der Waals surface area contributed by atoms with Crippen LogP contribution in [0, 0.1) is 0 Å². The van der Waals surface area contributed by atoms with Crippen molar-refractivity contribution in [2.75, 3.05) is 0 Å². The Balaban J connectivity index is 0.00000196. The van der Waals surface area contributed by atoms with Gasteiger partial charge in [-0.1, -0.05) is 48.5 Å². The largest absolute Gasteiger partial charge is 0.390 e. The van der Waals surface area contributed by atoms with E-state index in [1.54, 1.807) is 6.20 Å². The minimum atomic E-state index is -0.0290. The Hall–Kier alpha value is -1.68. The fourth-order valence-electron chi connectivity index (χ4n) is 2.78. The maximum Gasteiger partial charge on any atom is 0.205 e. The van der Waals surface area contributed by atoms with Gasteiger partial charge in [0.05, 0.1) is 18.5 Å². The first-order valence-electron chi connectivity index (χ1n) is 7.89. The van der Waals surface area contributed by atoms with Gasteiger partial charge in [-0.3, -0.25) is 0 Å². The molecular weight excluding hydrogens is 355 g/mol. The third kappa shape index (κ3) is 4.17. The molecule has 3 N–H and O–H groups in total. The minimum absolute atomic E-state index is 0. The van der Waals surface area contributed by atoms with Gasteiger partial charge in [0.25, 0.3) is 0 Å². The van der Waals surface area contributed by atoms with Crippen LogP contribution in [0.15, 0.2) is 54.7 Å². The Morgan fingerprint density at radius 3 is 2.38 bits per heavy atom. The van der Waals surface area contributed by atoms with Crippen LogP contribution in [0.2, 0.25) is 0 Å². The van der Waals surface area contributed by atoms with E-state index in [0.717, 1.165) is 33.8 Å². The standard InChI is InChI=1S/C18H16N6O.K/c25-11-14-10-19-17(20-14)9-12-5-7-13(8-6-12)15-3-1-2-4-16(15)18-21-23-24-22-18;/h1-8,10,25H,9,11H2,(H,19,20)(H,21,22,23,24);. The number of H-pyrrole nitrogens is 2. The smallest absolute Gasteiger partial charge is 0.205 e. The van der Waals surface area contributed by atoms with Crippen LogP contribution in [0.5, 0.6) is 0 Å². The first kappa shape index (κ1) is 19.1. The average molecular weight is 371 g/mol. The van der Waals surface area contributed by atoms with Crippen molar-refractivity contribution >= 4 is 51.4 Å². The van der Waals surface area contributed by atoms with Crippen LogP contribution in [-0.2, 0) is 13.0 Å². The molecule has 0 atom stereocenters. The number of aliphatic hydroxyl groups excluding tert-OH is 1. The van der Waals surface area contributed by atoms with Crippen molar-refractivity contribution in [1.29, 1.82) is 0 Å². The summed E-state index contributed by atoms with van der Waals surface area (Å²) >= 11 is 0. The zero-order valence-electron chi connectivity index (χ0n) is 14.3. The summed E-state index contributed by atoms with van der Waals surface area (Å²) in [5.41, 5.74) is 4.93. The zero-order valence-corrected chi connectivity index (χ0v) is 17.5. The molecule has 2 aromatic heterocycles. The maximum absolute atomic E-state index is 9.10. The topological polar surface area (TPSA) is 103 Å². The predicted molar refractivity (Wildman–Crippen MR) is 98.1 cm³/mol. The molecule has 0 spiro atoms. The molecule has 0 fully saturated rings. The number of imidazole rings is 1. The van der Waals surface area contributed by atoms with Crippen LogP contribution in [0.4, 0.5) is 0 Å².